The second-order valence-corrected chi connectivity index (χ2v) is 5.78. The van der Waals surface area contributed by atoms with Crippen LogP contribution < -0.4 is 10.1 Å². The van der Waals surface area contributed by atoms with Crippen LogP contribution in [0.3, 0.4) is 0 Å². The SMILES string of the molecule is O=C(NCC1Cc2ccccc2O1)c1ccc(Br)c(O)c1. The maximum Gasteiger partial charge on any atom is 0.251 e. The summed E-state index contributed by atoms with van der Waals surface area (Å²) in [4.78, 5) is 12.0. The molecule has 0 aliphatic carbocycles. The molecule has 3 rings (SSSR count). The largest absolute Gasteiger partial charge is 0.507 e. The highest BCUT2D eigenvalue weighted by Gasteiger charge is 2.22. The third-order valence-electron chi connectivity index (χ3n) is 3.41. The third-order valence-corrected chi connectivity index (χ3v) is 4.08. The molecule has 2 aromatic rings. The molecule has 0 aromatic heterocycles. The van der Waals surface area contributed by atoms with Crippen LogP contribution >= 0.6 is 15.9 Å². The number of rotatable bonds is 3. The second-order valence-electron chi connectivity index (χ2n) is 4.93. The first kappa shape index (κ1) is 13.9. The molecule has 0 radical (unpaired) electrons. The van der Waals surface area contributed by atoms with E-state index in [1.165, 1.54) is 6.07 Å². The van der Waals surface area contributed by atoms with Crippen molar-refractivity contribution in [3.63, 3.8) is 0 Å². The Kier molecular flexibility index (Phi) is 3.84. The zero-order valence-corrected chi connectivity index (χ0v) is 12.8. The van der Waals surface area contributed by atoms with Gasteiger partial charge in [-0.15, -0.1) is 0 Å². The maximum absolute atomic E-state index is 12.0. The van der Waals surface area contributed by atoms with E-state index in [-0.39, 0.29) is 17.8 Å². The molecule has 0 fully saturated rings. The predicted octanol–water partition coefficient (Wildman–Crippen LogP) is 2.89. The van der Waals surface area contributed by atoms with Gasteiger partial charge in [0, 0.05) is 12.0 Å². The molecule has 0 saturated carbocycles. The molecule has 108 valence electrons. The third kappa shape index (κ3) is 3.03. The first-order valence-corrected chi connectivity index (χ1v) is 7.44. The van der Waals surface area contributed by atoms with Crippen LogP contribution in [-0.4, -0.2) is 23.7 Å². The van der Waals surface area contributed by atoms with E-state index in [9.17, 15) is 9.90 Å². The number of ether oxygens (including phenoxy) is 1. The smallest absolute Gasteiger partial charge is 0.251 e. The summed E-state index contributed by atoms with van der Waals surface area (Å²) in [7, 11) is 0. The van der Waals surface area contributed by atoms with Crippen molar-refractivity contribution >= 4 is 21.8 Å². The van der Waals surface area contributed by atoms with E-state index in [1.807, 2.05) is 24.3 Å². The normalized spacial score (nSPS) is 16.1. The van der Waals surface area contributed by atoms with Crippen molar-refractivity contribution in [3.8, 4) is 11.5 Å². The summed E-state index contributed by atoms with van der Waals surface area (Å²) in [6.45, 7) is 0.435. The van der Waals surface area contributed by atoms with E-state index in [1.54, 1.807) is 12.1 Å². The lowest BCUT2D eigenvalue weighted by Gasteiger charge is -2.12. The number of carbonyl (C=O) groups is 1. The summed E-state index contributed by atoms with van der Waals surface area (Å²) in [5.74, 6) is 0.711. The van der Waals surface area contributed by atoms with Crippen LogP contribution in [0.25, 0.3) is 0 Å². The predicted molar refractivity (Wildman–Crippen MR) is 82.7 cm³/mol. The quantitative estimate of drug-likeness (QED) is 0.897. The molecule has 1 heterocycles. The minimum atomic E-state index is -0.225. The molecule has 2 N–H and O–H groups in total. The van der Waals surface area contributed by atoms with Crippen molar-refractivity contribution in [3.05, 3.63) is 58.1 Å². The first-order chi connectivity index (χ1) is 10.1. The number of hydrogen-bond acceptors (Lipinski definition) is 3. The summed E-state index contributed by atoms with van der Waals surface area (Å²) in [6.07, 6.45) is 0.748. The summed E-state index contributed by atoms with van der Waals surface area (Å²) < 4.78 is 6.33. The molecule has 21 heavy (non-hydrogen) atoms. The van der Waals surface area contributed by atoms with Gasteiger partial charge in [0.15, 0.2) is 0 Å². The van der Waals surface area contributed by atoms with Gasteiger partial charge >= 0.3 is 0 Å². The average Bonchev–Trinajstić information content (AvgIpc) is 2.90. The van der Waals surface area contributed by atoms with Gasteiger partial charge in [-0.2, -0.15) is 0 Å². The van der Waals surface area contributed by atoms with E-state index >= 15 is 0 Å². The minimum absolute atomic E-state index is 0.0459. The Labute approximate surface area is 130 Å². The molecule has 1 aliphatic heterocycles. The molecule has 0 bridgehead atoms. The molecule has 5 heteroatoms. The van der Waals surface area contributed by atoms with Gasteiger partial charge < -0.3 is 15.2 Å². The molecular formula is C16H14BrNO3. The van der Waals surface area contributed by atoms with Crippen molar-refractivity contribution in [2.24, 2.45) is 0 Å². The van der Waals surface area contributed by atoms with Crippen molar-refractivity contribution < 1.29 is 14.6 Å². The van der Waals surface area contributed by atoms with Crippen LogP contribution in [0.4, 0.5) is 0 Å². The fourth-order valence-corrected chi connectivity index (χ4v) is 2.58. The van der Waals surface area contributed by atoms with Gasteiger partial charge in [0.1, 0.15) is 17.6 Å². The lowest BCUT2D eigenvalue weighted by molar-refractivity contribution is 0.0933. The highest BCUT2D eigenvalue weighted by molar-refractivity contribution is 9.10. The van der Waals surface area contributed by atoms with Gasteiger partial charge in [0.25, 0.3) is 5.91 Å². The number of benzene rings is 2. The van der Waals surface area contributed by atoms with Crippen LogP contribution in [0.5, 0.6) is 11.5 Å². The number of halogens is 1. The number of phenolic OH excluding ortho intramolecular Hbond substituents is 1. The van der Waals surface area contributed by atoms with Gasteiger partial charge in [-0.3, -0.25) is 4.79 Å². The first-order valence-electron chi connectivity index (χ1n) is 6.65. The van der Waals surface area contributed by atoms with Crippen molar-refractivity contribution in [1.82, 2.24) is 5.32 Å². The molecule has 0 saturated heterocycles. The highest BCUT2D eigenvalue weighted by atomic mass is 79.9. The highest BCUT2D eigenvalue weighted by Crippen LogP contribution is 2.28. The molecule has 1 unspecified atom stereocenters. The summed E-state index contributed by atoms with van der Waals surface area (Å²) in [6, 6.07) is 12.6. The number of amides is 1. The van der Waals surface area contributed by atoms with Crippen LogP contribution in [0.2, 0.25) is 0 Å². The number of nitrogens with one attached hydrogen (secondary N) is 1. The van der Waals surface area contributed by atoms with Crippen LogP contribution in [0.1, 0.15) is 15.9 Å². The monoisotopic (exact) mass is 347 g/mol. The Morgan fingerprint density at radius 1 is 1.33 bits per heavy atom. The Bertz CT molecular complexity index is 662. The Hall–Kier alpha value is -2.01. The van der Waals surface area contributed by atoms with Crippen LogP contribution in [0, 0.1) is 0 Å². The standard InChI is InChI=1S/C16H14BrNO3/c17-13-6-5-11(8-14(13)19)16(20)18-9-12-7-10-3-1-2-4-15(10)21-12/h1-6,8,12,19H,7,9H2,(H,18,20). The van der Waals surface area contributed by atoms with Crippen molar-refractivity contribution in [2.45, 2.75) is 12.5 Å². The van der Waals surface area contributed by atoms with E-state index in [0.717, 1.165) is 17.7 Å². The number of phenols is 1. The molecule has 2 aromatic carbocycles. The Balaban J connectivity index is 1.59. The van der Waals surface area contributed by atoms with E-state index in [0.29, 0.717) is 16.6 Å². The summed E-state index contributed by atoms with van der Waals surface area (Å²) >= 11 is 3.19. The lowest BCUT2D eigenvalue weighted by atomic mass is 10.1. The fraction of sp³-hybridized carbons (Fsp3) is 0.188. The second kappa shape index (κ2) is 5.77. The van der Waals surface area contributed by atoms with Gasteiger partial charge in [-0.1, -0.05) is 18.2 Å². The van der Waals surface area contributed by atoms with Crippen LogP contribution in [0.15, 0.2) is 46.9 Å². The summed E-state index contributed by atoms with van der Waals surface area (Å²) in [5.41, 5.74) is 1.59. The number of hydrogen-bond donors (Lipinski definition) is 2. The number of fused-ring (bicyclic) bond motifs is 1. The minimum Gasteiger partial charge on any atom is -0.507 e. The fourth-order valence-electron chi connectivity index (χ4n) is 2.33. The molecule has 0 spiro atoms. The lowest BCUT2D eigenvalue weighted by Crippen LogP contribution is -2.34. The molecule has 4 nitrogen and oxygen atoms in total. The number of aromatic hydroxyl groups is 1. The van der Waals surface area contributed by atoms with Crippen LogP contribution in [-0.2, 0) is 6.42 Å². The van der Waals surface area contributed by atoms with E-state index < -0.39 is 0 Å². The van der Waals surface area contributed by atoms with Gasteiger partial charge in [-0.05, 0) is 45.8 Å². The van der Waals surface area contributed by atoms with E-state index in [4.69, 9.17) is 4.74 Å². The number of para-hydroxylation sites is 1. The van der Waals surface area contributed by atoms with Crippen molar-refractivity contribution in [2.75, 3.05) is 6.54 Å². The summed E-state index contributed by atoms with van der Waals surface area (Å²) in [5, 5.41) is 12.4. The topological polar surface area (TPSA) is 58.6 Å². The van der Waals surface area contributed by atoms with E-state index in [2.05, 4.69) is 21.2 Å². The molecule has 1 aliphatic rings. The van der Waals surface area contributed by atoms with Gasteiger partial charge in [0.05, 0.1) is 11.0 Å². The molecular weight excluding hydrogens is 334 g/mol. The molecule has 1 atom stereocenters. The Morgan fingerprint density at radius 3 is 2.90 bits per heavy atom. The maximum atomic E-state index is 12.0. The Morgan fingerprint density at radius 2 is 2.14 bits per heavy atom. The zero-order chi connectivity index (χ0) is 14.8. The van der Waals surface area contributed by atoms with Crippen molar-refractivity contribution in [1.29, 1.82) is 0 Å². The number of carbonyl (C=O) groups excluding carboxylic acids is 1. The van der Waals surface area contributed by atoms with Gasteiger partial charge in [-0.25, -0.2) is 0 Å². The average molecular weight is 348 g/mol. The molecule has 1 amide bonds. The zero-order valence-electron chi connectivity index (χ0n) is 11.2. The van der Waals surface area contributed by atoms with Gasteiger partial charge in [0.2, 0.25) is 0 Å².